The van der Waals surface area contributed by atoms with Crippen molar-refractivity contribution in [2.24, 2.45) is 0 Å². The zero-order valence-electron chi connectivity index (χ0n) is 14.9. The molecule has 6 nitrogen and oxygen atoms in total. The van der Waals surface area contributed by atoms with Crippen molar-refractivity contribution in [3.05, 3.63) is 53.9 Å². The number of hydrogen-bond donors (Lipinski definition) is 2. The number of amides is 1. The standard InChI is InChI=1S/C20H23N5O/c1-2-14-5-3-6-16-17(13-21-19(14)16)20(26)25-11-8-15(9-12-25)23-18-7-4-10-22-24-18/h3-7,10,13,15,21H,2,8-9,11-12H2,1H3,(H,23,24). The molecule has 1 aromatic carbocycles. The number of aromatic nitrogens is 3. The number of para-hydroxylation sites is 1. The number of fused-ring (bicyclic) bond motifs is 1. The summed E-state index contributed by atoms with van der Waals surface area (Å²) in [4.78, 5) is 18.3. The Balaban J connectivity index is 1.44. The first-order valence-electron chi connectivity index (χ1n) is 9.18. The summed E-state index contributed by atoms with van der Waals surface area (Å²) >= 11 is 0. The molecule has 134 valence electrons. The van der Waals surface area contributed by atoms with Crippen LogP contribution in [0.5, 0.6) is 0 Å². The Kier molecular flexibility index (Phi) is 4.56. The van der Waals surface area contributed by atoms with Crippen molar-refractivity contribution in [2.45, 2.75) is 32.2 Å². The minimum absolute atomic E-state index is 0.113. The van der Waals surface area contributed by atoms with Gasteiger partial charge in [-0.2, -0.15) is 5.10 Å². The van der Waals surface area contributed by atoms with Crippen LogP contribution >= 0.6 is 0 Å². The Morgan fingerprint density at radius 2 is 2.12 bits per heavy atom. The maximum atomic E-state index is 13.0. The molecule has 1 aliphatic heterocycles. The number of benzene rings is 1. The van der Waals surface area contributed by atoms with Gasteiger partial charge in [-0.25, -0.2) is 0 Å². The van der Waals surface area contributed by atoms with Crippen molar-refractivity contribution in [2.75, 3.05) is 18.4 Å². The maximum absolute atomic E-state index is 13.0. The number of likely N-dealkylation sites (tertiary alicyclic amines) is 1. The number of piperidine rings is 1. The highest BCUT2D eigenvalue weighted by Crippen LogP contribution is 2.25. The molecule has 0 radical (unpaired) electrons. The lowest BCUT2D eigenvalue weighted by Gasteiger charge is -2.32. The highest BCUT2D eigenvalue weighted by Gasteiger charge is 2.25. The van der Waals surface area contributed by atoms with Crippen molar-refractivity contribution < 1.29 is 4.79 Å². The Labute approximate surface area is 152 Å². The first-order chi connectivity index (χ1) is 12.8. The predicted molar refractivity (Wildman–Crippen MR) is 102 cm³/mol. The number of anilines is 1. The molecular formula is C20H23N5O. The number of nitrogens with one attached hydrogen (secondary N) is 2. The van der Waals surface area contributed by atoms with Gasteiger partial charge >= 0.3 is 0 Å². The first kappa shape index (κ1) is 16.6. The number of H-pyrrole nitrogens is 1. The van der Waals surface area contributed by atoms with E-state index in [0.29, 0.717) is 6.04 Å². The summed E-state index contributed by atoms with van der Waals surface area (Å²) in [5.41, 5.74) is 3.10. The van der Waals surface area contributed by atoms with Crippen LogP contribution in [0.2, 0.25) is 0 Å². The molecule has 1 aliphatic rings. The van der Waals surface area contributed by atoms with E-state index in [-0.39, 0.29) is 5.91 Å². The maximum Gasteiger partial charge on any atom is 0.256 e. The molecule has 6 heteroatoms. The topological polar surface area (TPSA) is 73.9 Å². The Hall–Kier alpha value is -2.89. The fourth-order valence-electron chi connectivity index (χ4n) is 3.67. The van der Waals surface area contributed by atoms with Crippen LogP contribution in [0.3, 0.4) is 0 Å². The number of nitrogens with zero attached hydrogens (tertiary/aromatic N) is 3. The normalized spacial score (nSPS) is 15.3. The Morgan fingerprint density at radius 3 is 2.85 bits per heavy atom. The molecule has 3 aromatic rings. The van der Waals surface area contributed by atoms with E-state index in [1.165, 1.54) is 5.56 Å². The summed E-state index contributed by atoms with van der Waals surface area (Å²) in [6.07, 6.45) is 6.29. The number of aryl methyl sites for hydroxylation is 1. The minimum atomic E-state index is 0.113. The van der Waals surface area contributed by atoms with Gasteiger partial charge in [0.25, 0.3) is 5.91 Å². The number of carbonyl (C=O) groups is 1. The van der Waals surface area contributed by atoms with Crippen molar-refractivity contribution in [1.29, 1.82) is 0 Å². The van der Waals surface area contributed by atoms with Crippen LogP contribution in [-0.2, 0) is 6.42 Å². The molecule has 2 aromatic heterocycles. The quantitative estimate of drug-likeness (QED) is 0.758. The highest BCUT2D eigenvalue weighted by molar-refractivity contribution is 6.07. The van der Waals surface area contributed by atoms with E-state index in [9.17, 15) is 4.79 Å². The summed E-state index contributed by atoms with van der Waals surface area (Å²) in [7, 11) is 0. The highest BCUT2D eigenvalue weighted by atomic mass is 16.2. The van der Waals surface area contributed by atoms with Crippen LogP contribution in [0.1, 0.15) is 35.7 Å². The Morgan fingerprint density at radius 1 is 1.27 bits per heavy atom. The summed E-state index contributed by atoms with van der Waals surface area (Å²) in [6, 6.07) is 10.3. The van der Waals surface area contributed by atoms with E-state index in [1.54, 1.807) is 6.20 Å². The van der Waals surface area contributed by atoms with Crippen LogP contribution < -0.4 is 5.32 Å². The van der Waals surface area contributed by atoms with E-state index < -0.39 is 0 Å². The molecule has 0 saturated carbocycles. The third-order valence-electron chi connectivity index (χ3n) is 5.12. The molecule has 1 saturated heterocycles. The summed E-state index contributed by atoms with van der Waals surface area (Å²) < 4.78 is 0. The first-order valence-corrected chi connectivity index (χ1v) is 9.18. The summed E-state index contributed by atoms with van der Waals surface area (Å²) in [6.45, 7) is 3.62. The van der Waals surface area contributed by atoms with E-state index in [4.69, 9.17) is 0 Å². The molecule has 4 rings (SSSR count). The monoisotopic (exact) mass is 349 g/mol. The van der Waals surface area contributed by atoms with Gasteiger partial charge < -0.3 is 15.2 Å². The second kappa shape index (κ2) is 7.15. The van der Waals surface area contributed by atoms with Gasteiger partial charge in [-0.15, -0.1) is 5.10 Å². The van der Waals surface area contributed by atoms with Gasteiger partial charge in [0.2, 0.25) is 0 Å². The molecular weight excluding hydrogens is 326 g/mol. The number of carbonyl (C=O) groups excluding carboxylic acids is 1. The SMILES string of the molecule is CCc1cccc2c(C(=O)N3CCC(Nc4cccnn4)CC3)c[nH]c12. The molecule has 2 N–H and O–H groups in total. The largest absolute Gasteiger partial charge is 0.366 e. The lowest BCUT2D eigenvalue weighted by Crippen LogP contribution is -2.42. The van der Waals surface area contributed by atoms with Gasteiger partial charge in [0.1, 0.15) is 5.82 Å². The number of hydrogen-bond acceptors (Lipinski definition) is 4. The summed E-state index contributed by atoms with van der Waals surface area (Å²) in [5.74, 6) is 0.906. The summed E-state index contributed by atoms with van der Waals surface area (Å²) in [5, 5.41) is 12.4. The van der Waals surface area contributed by atoms with E-state index >= 15 is 0 Å². The number of aromatic amines is 1. The molecule has 0 unspecified atom stereocenters. The van der Waals surface area contributed by atoms with Gasteiger partial charge in [-0.3, -0.25) is 4.79 Å². The lowest BCUT2D eigenvalue weighted by molar-refractivity contribution is 0.0720. The smallest absolute Gasteiger partial charge is 0.256 e. The van der Waals surface area contributed by atoms with E-state index in [2.05, 4.69) is 33.5 Å². The van der Waals surface area contributed by atoms with E-state index in [1.807, 2.05) is 35.4 Å². The van der Waals surface area contributed by atoms with Crippen LogP contribution in [0.25, 0.3) is 10.9 Å². The fraction of sp³-hybridized carbons (Fsp3) is 0.350. The molecule has 1 amide bonds. The van der Waals surface area contributed by atoms with Gasteiger partial charge in [0, 0.05) is 42.4 Å². The van der Waals surface area contributed by atoms with Crippen LogP contribution in [0, 0.1) is 0 Å². The van der Waals surface area contributed by atoms with Crippen LogP contribution in [0.4, 0.5) is 5.82 Å². The molecule has 0 bridgehead atoms. The van der Waals surface area contributed by atoms with Gasteiger partial charge in [0.05, 0.1) is 5.56 Å². The Bertz CT molecular complexity index is 897. The van der Waals surface area contributed by atoms with Gasteiger partial charge in [-0.1, -0.05) is 25.1 Å². The van der Waals surface area contributed by atoms with E-state index in [0.717, 1.165) is 54.6 Å². The zero-order chi connectivity index (χ0) is 17.9. The van der Waals surface area contributed by atoms with Crippen molar-refractivity contribution in [3.63, 3.8) is 0 Å². The van der Waals surface area contributed by atoms with Crippen molar-refractivity contribution in [1.82, 2.24) is 20.1 Å². The van der Waals surface area contributed by atoms with Crippen LogP contribution in [0.15, 0.2) is 42.7 Å². The number of rotatable bonds is 4. The van der Waals surface area contributed by atoms with Gasteiger partial charge in [-0.05, 0) is 37.0 Å². The lowest BCUT2D eigenvalue weighted by atomic mass is 10.0. The minimum Gasteiger partial charge on any atom is -0.366 e. The van der Waals surface area contributed by atoms with Crippen molar-refractivity contribution >= 4 is 22.6 Å². The third-order valence-corrected chi connectivity index (χ3v) is 5.12. The molecule has 0 spiro atoms. The second-order valence-electron chi connectivity index (χ2n) is 6.72. The fourth-order valence-corrected chi connectivity index (χ4v) is 3.67. The van der Waals surface area contributed by atoms with Crippen LogP contribution in [-0.4, -0.2) is 45.1 Å². The van der Waals surface area contributed by atoms with Gasteiger partial charge in [0.15, 0.2) is 0 Å². The third kappa shape index (κ3) is 3.14. The molecule has 0 atom stereocenters. The average molecular weight is 349 g/mol. The predicted octanol–water partition coefficient (Wildman–Crippen LogP) is 3.24. The molecule has 1 fully saturated rings. The second-order valence-corrected chi connectivity index (χ2v) is 6.72. The molecule has 0 aliphatic carbocycles. The molecule has 26 heavy (non-hydrogen) atoms. The molecule has 3 heterocycles. The van der Waals surface area contributed by atoms with Crippen molar-refractivity contribution in [3.8, 4) is 0 Å². The average Bonchev–Trinajstić information content (AvgIpc) is 3.13. The zero-order valence-corrected chi connectivity index (χ0v) is 14.9.